The van der Waals surface area contributed by atoms with Crippen molar-refractivity contribution >= 4 is 15.1 Å². The minimum atomic E-state index is -10.7. The molecule has 0 aliphatic heterocycles. The first-order valence-electron chi connectivity index (χ1n) is 9.11. The summed E-state index contributed by atoms with van der Waals surface area (Å²) < 4.78 is 59.2. The van der Waals surface area contributed by atoms with Gasteiger partial charge in [-0.3, -0.25) is 0 Å². The Hall–Kier alpha value is 0.440. The van der Waals surface area contributed by atoms with Crippen molar-refractivity contribution in [1.82, 2.24) is 0 Å². The molecule has 0 spiro atoms. The van der Waals surface area contributed by atoms with Crippen LogP contribution in [0.25, 0.3) is 0 Å². The zero-order valence-corrected chi connectivity index (χ0v) is 17.4. The molecule has 0 heterocycles. The van der Waals surface area contributed by atoms with Gasteiger partial charge in [0.25, 0.3) is 0 Å². The van der Waals surface area contributed by atoms with Crippen LogP contribution in [-0.2, 0) is 0 Å². The van der Waals surface area contributed by atoms with Crippen LogP contribution in [0.4, 0.5) is 25.2 Å². The van der Waals surface area contributed by atoms with E-state index in [2.05, 4.69) is 27.7 Å². The zero-order chi connectivity index (χ0) is 19.4. The van der Waals surface area contributed by atoms with Gasteiger partial charge in [0, 0.05) is 7.26 Å². The summed E-state index contributed by atoms with van der Waals surface area (Å²) in [4.78, 5) is 0. The Morgan fingerprint density at radius 3 is 0.833 bits per heavy atom. The van der Waals surface area contributed by atoms with Gasteiger partial charge in [-0.15, -0.1) is 0 Å². The fraction of sp³-hybridized carbons (Fsp3) is 1.00. The van der Waals surface area contributed by atoms with Gasteiger partial charge in [-0.1, -0.05) is 53.4 Å². The predicted octanol–water partition coefficient (Wildman–Crippen LogP) is 9.70. The molecule has 0 nitrogen and oxygen atoms in total. The molecule has 0 radical (unpaired) electrons. The van der Waals surface area contributed by atoms with Gasteiger partial charge >= 0.3 is 34.4 Å². The van der Waals surface area contributed by atoms with Crippen molar-refractivity contribution in [3.63, 3.8) is 0 Å². The van der Waals surface area contributed by atoms with E-state index in [0.29, 0.717) is 0 Å². The predicted molar refractivity (Wildman–Crippen MR) is 101 cm³/mol. The third kappa shape index (κ3) is 24.7. The van der Waals surface area contributed by atoms with Crippen molar-refractivity contribution in [1.29, 1.82) is 0 Å². The van der Waals surface area contributed by atoms with Gasteiger partial charge in [-0.2, -0.15) is 0 Å². The summed E-state index contributed by atoms with van der Waals surface area (Å²) in [5, 5.41) is 0. The third-order valence-electron chi connectivity index (χ3n) is 3.94. The molecule has 0 aromatic heterocycles. The van der Waals surface area contributed by atoms with E-state index in [-0.39, 0.29) is 1.43 Å². The van der Waals surface area contributed by atoms with Crippen LogP contribution in [-0.4, -0.2) is 24.6 Å². The molecule has 0 aliphatic rings. The maximum Gasteiger partial charge on any atom is 1.00 e. The van der Waals surface area contributed by atoms with Crippen LogP contribution in [0.5, 0.6) is 0 Å². The molecule has 0 rings (SSSR count). The Morgan fingerprint density at radius 2 is 0.708 bits per heavy atom. The third-order valence-corrected chi connectivity index (χ3v) is 9.00. The van der Waals surface area contributed by atoms with Gasteiger partial charge in [0.05, 0.1) is 24.6 Å². The summed E-state index contributed by atoms with van der Waals surface area (Å²) in [6.45, 7) is 9.42. The number of halogens is 6. The number of unbranched alkanes of at least 4 members (excludes halogenated alkanes) is 4. The van der Waals surface area contributed by atoms with Gasteiger partial charge < -0.3 is 0 Å². The van der Waals surface area contributed by atoms with Crippen molar-refractivity contribution < 1.29 is 26.6 Å². The second-order valence-electron chi connectivity index (χ2n) is 6.61. The maximum absolute atomic E-state index is 10.7. The second kappa shape index (κ2) is 10.6. The van der Waals surface area contributed by atoms with Gasteiger partial charge in [0.15, 0.2) is 0 Å². The van der Waals surface area contributed by atoms with E-state index in [1.165, 1.54) is 51.4 Å². The van der Waals surface area contributed by atoms with E-state index < -0.39 is 15.1 Å². The Bertz CT molecular complexity index is 269. The fourth-order valence-electron chi connectivity index (χ4n) is 2.64. The van der Waals surface area contributed by atoms with E-state index in [1.807, 2.05) is 0 Å². The number of rotatable bonds is 12. The molecule has 0 unspecified atom stereocenters. The van der Waals surface area contributed by atoms with E-state index in [1.54, 1.807) is 24.6 Å². The van der Waals surface area contributed by atoms with E-state index in [0.717, 1.165) is 0 Å². The van der Waals surface area contributed by atoms with E-state index in [9.17, 15) is 25.2 Å². The maximum atomic E-state index is 9.87. The summed E-state index contributed by atoms with van der Waals surface area (Å²) in [7, 11) is -11.2. The first-order chi connectivity index (χ1) is 10.7. The van der Waals surface area contributed by atoms with Gasteiger partial charge in [0.2, 0.25) is 0 Å². The molecule has 0 fully saturated rings. The molecule has 24 heavy (non-hydrogen) atoms. The standard InChI is InChI=1S/C16H36P.F6P/c1-5-9-13-17(14-10-6-2,15-11-7-3)16-12-8-4;1-7(2,3,4,5)6/h5-16H2,1-4H3;/q+1;-1/p+1. The number of hydrogen-bond donors (Lipinski definition) is 0. The Morgan fingerprint density at radius 1 is 0.542 bits per heavy atom. The smallest absolute Gasteiger partial charge is 1.00 e. The minimum absolute atomic E-state index is 0. The molecule has 0 aromatic rings. The normalized spacial score (nSPS) is 15.2. The van der Waals surface area contributed by atoms with Crippen molar-refractivity contribution in [2.75, 3.05) is 24.6 Å². The molecule has 0 aromatic carbocycles. The van der Waals surface area contributed by atoms with Crippen LogP contribution in [0.15, 0.2) is 0 Å². The molecule has 0 amide bonds. The summed E-state index contributed by atoms with van der Waals surface area (Å²) in [6.07, 6.45) is 17.9. The summed E-state index contributed by atoms with van der Waals surface area (Å²) in [5.74, 6) is 0. The molecule has 0 bridgehead atoms. The van der Waals surface area contributed by atoms with Crippen LogP contribution in [0.1, 0.15) is 80.5 Å². The van der Waals surface area contributed by atoms with Crippen molar-refractivity contribution in [2.45, 2.75) is 79.1 Å². The van der Waals surface area contributed by atoms with Crippen molar-refractivity contribution in [2.24, 2.45) is 0 Å². The Labute approximate surface area is 146 Å². The zero-order valence-electron chi connectivity index (χ0n) is 16.6. The van der Waals surface area contributed by atoms with Crippen molar-refractivity contribution in [3.05, 3.63) is 0 Å². The molecule has 152 valence electrons. The Kier molecular flexibility index (Phi) is 11.7. The van der Waals surface area contributed by atoms with Gasteiger partial charge in [-0.25, -0.2) is 0 Å². The van der Waals surface area contributed by atoms with Crippen molar-refractivity contribution in [3.8, 4) is 0 Å². The van der Waals surface area contributed by atoms with Crippen LogP contribution in [0.2, 0.25) is 0 Å². The SMILES string of the molecule is CCCC[P+](CCCC)(CCCC)CCCC.F[P-](F)(F)(F)(F)F.[H+]. The summed E-state index contributed by atoms with van der Waals surface area (Å²) >= 11 is 0. The molecular weight excluding hydrogens is 368 g/mol. The van der Waals surface area contributed by atoms with Crippen LogP contribution in [0, 0.1) is 0 Å². The summed E-state index contributed by atoms with van der Waals surface area (Å²) in [6, 6.07) is 0. The van der Waals surface area contributed by atoms with Gasteiger partial charge in [-0.05, 0) is 25.7 Å². The Balaban J connectivity index is -0.000000513. The molecule has 8 heteroatoms. The van der Waals surface area contributed by atoms with Crippen LogP contribution >= 0.6 is 15.1 Å². The fourth-order valence-corrected chi connectivity index (χ4v) is 7.93. The van der Waals surface area contributed by atoms with Gasteiger partial charge in [0.1, 0.15) is 0 Å². The molecule has 0 saturated heterocycles. The second-order valence-corrected chi connectivity index (χ2v) is 13.0. The average molecular weight is 405 g/mol. The average Bonchev–Trinajstić information content (AvgIpc) is 2.42. The first kappa shape index (κ1) is 26.7. The first-order valence-corrected chi connectivity index (χ1v) is 13.7. The topological polar surface area (TPSA) is 0 Å². The van der Waals surface area contributed by atoms with Crippen LogP contribution in [0.3, 0.4) is 0 Å². The van der Waals surface area contributed by atoms with E-state index >= 15 is 0 Å². The molecular formula is C16H37F6P2+. The quantitative estimate of drug-likeness (QED) is 0.224. The number of hydrogen-bond acceptors (Lipinski definition) is 0. The minimum Gasteiger partial charge on any atom is 1.00 e. The molecule has 0 aliphatic carbocycles. The molecule has 0 atom stereocenters. The molecule has 0 N–H and O–H groups in total. The van der Waals surface area contributed by atoms with Crippen LogP contribution < -0.4 is 0 Å². The summed E-state index contributed by atoms with van der Waals surface area (Å²) in [5.41, 5.74) is 0. The van der Waals surface area contributed by atoms with E-state index in [4.69, 9.17) is 0 Å². The monoisotopic (exact) mass is 405 g/mol. The molecule has 0 saturated carbocycles. The largest absolute Gasteiger partial charge is 1.00 e.